The summed E-state index contributed by atoms with van der Waals surface area (Å²) in [5.74, 6) is -0.468. The first-order valence-corrected chi connectivity index (χ1v) is 12.9. The van der Waals surface area contributed by atoms with Crippen molar-refractivity contribution in [3.8, 4) is 0 Å². The van der Waals surface area contributed by atoms with Gasteiger partial charge in [-0.25, -0.2) is 0 Å². The number of ketones is 1. The van der Waals surface area contributed by atoms with Crippen LogP contribution in [0.5, 0.6) is 0 Å². The molecular weight excluding hydrogens is 436 g/mol. The molecule has 0 saturated heterocycles. The monoisotopic (exact) mass is 480 g/mol. The van der Waals surface area contributed by atoms with Crippen molar-refractivity contribution in [3.63, 3.8) is 0 Å². The van der Waals surface area contributed by atoms with Gasteiger partial charge in [0, 0.05) is 17.8 Å². The Hall–Kier alpha value is -0.830. The van der Waals surface area contributed by atoms with Crippen molar-refractivity contribution in [3.05, 3.63) is 11.6 Å². The molecule has 0 heterocycles. The van der Waals surface area contributed by atoms with E-state index in [1.54, 1.807) is 13.0 Å². The van der Waals surface area contributed by atoms with Crippen LogP contribution in [0.2, 0.25) is 0 Å². The topological polar surface area (TPSA) is 138 Å². The van der Waals surface area contributed by atoms with Crippen LogP contribution in [-0.2, 0) is 4.79 Å². The Morgan fingerprint density at radius 1 is 1.06 bits per heavy atom. The molecule has 34 heavy (non-hydrogen) atoms. The normalized spacial score (nSPS) is 47.2. The summed E-state index contributed by atoms with van der Waals surface area (Å²) in [6.07, 6.45) is 2.51. The SMILES string of the molecule is CC(C)(O)[C@H](O)C[C@](C)(O)C[C@@H]1CC[C@]2(O)C3=CC(=O)[C@@H]4C[C@@H](O)[C@@H](O)C[C@]4(C)[C@H]3CC[C@]12C. The first-order chi connectivity index (χ1) is 15.4. The maximum Gasteiger partial charge on any atom is 0.159 e. The molecule has 4 rings (SSSR count). The van der Waals surface area contributed by atoms with Crippen molar-refractivity contribution in [2.24, 2.45) is 28.6 Å². The molecule has 0 aromatic carbocycles. The van der Waals surface area contributed by atoms with E-state index in [1.807, 2.05) is 6.92 Å². The molecule has 0 radical (unpaired) electrons. The van der Waals surface area contributed by atoms with Crippen LogP contribution in [0.3, 0.4) is 0 Å². The summed E-state index contributed by atoms with van der Waals surface area (Å²) in [6, 6.07) is 0. The molecule has 0 amide bonds. The predicted molar refractivity (Wildman–Crippen MR) is 127 cm³/mol. The molecule has 0 aromatic rings. The number of hydrogen-bond donors (Lipinski definition) is 6. The number of carbonyl (C=O) groups excluding carboxylic acids is 1. The van der Waals surface area contributed by atoms with Gasteiger partial charge in [0.1, 0.15) is 0 Å². The van der Waals surface area contributed by atoms with Crippen molar-refractivity contribution < 1.29 is 35.4 Å². The standard InChI is InChI=1S/C27H44O7/c1-23(2,32)22(31)14-24(3,33)12-15-6-9-27(34)17-10-19(28)18-11-20(29)21(30)13-25(18,4)16(17)7-8-26(15,27)5/h10,15-16,18,20-22,29-34H,6-9,11-14H2,1-5H3/t15-,16-,18-,20+,21-,22+,24+,25+,26+,27-/m0/s1. The highest BCUT2D eigenvalue weighted by Gasteiger charge is 2.66. The lowest BCUT2D eigenvalue weighted by Crippen LogP contribution is -2.60. The van der Waals surface area contributed by atoms with Gasteiger partial charge in [-0.15, -0.1) is 0 Å². The maximum absolute atomic E-state index is 13.2. The predicted octanol–water partition coefficient (Wildman–Crippen LogP) is 1.85. The average Bonchev–Trinajstić information content (AvgIpc) is 2.94. The molecule has 3 saturated carbocycles. The van der Waals surface area contributed by atoms with Gasteiger partial charge in [-0.3, -0.25) is 4.79 Å². The zero-order chi connectivity index (χ0) is 25.5. The third-order valence-corrected chi connectivity index (χ3v) is 10.4. The molecule has 0 spiro atoms. The minimum absolute atomic E-state index is 0.0113. The van der Waals surface area contributed by atoms with E-state index in [-0.39, 0.29) is 36.4 Å². The lowest BCUT2D eigenvalue weighted by Gasteiger charge is -2.60. The molecule has 7 heteroatoms. The number of carbonyl (C=O) groups is 1. The summed E-state index contributed by atoms with van der Waals surface area (Å²) in [7, 11) is 0. The number of fused-ring (bicyclic) bond motifs is 5. The van der Waals surface area contributed by atoms with Gasteiger partial charge < -0.3 is 30.6 Å². The van der Waals surface area contributed by atoms with Crippen LogP contribution < -0.4 is 0 Å². The van der Waals surface area contributed by atoms with Crippen molar-refractivity contribution in [2.45, 2.75) is 121 Å². The van der Waals surface area contributed by atoms with E-state index in [4.69, 9.17) is 0 Å². The van der Waals surface area contributed by atoms with Crippen LogP contribution in [0.4, 0.5) is 0 Å². The van der Waals surface area contributed by atoms with Crippen LogP contribution in [0, 0.1) is 28.6 Å². The highest BCUT2D eigenvalue weighted by Crippen LogP contribution is 2.67. The smallest absolute Gasteiger partial charge is 0.159 e. The molecule has 194 valence electrons. The fourth-order valence-corrected chi connectivity index (χ4v) is 8.09. The summed E-state index contributed by atoms with van der Waals surface area (Å²) in [4.78, 5) is 13.2. The first-order valence-electron chi connectivity index (χ1n) is 12.9. The molecule has 4 aliphatic rings. The quantitative estimate of drug-likeness (QED) is 0.353. The molecule has 0 aliphatic heterocycles. The first kappa shape index (κ1) is 26.2. The van der Waals surface area contributed by atoms with Crippen LogP contribution in [0.25, 0.3) is 0 Å². The molecule has 0 aromatic heterocycles. The highest BCUT2D eigenvalue weighted by atomic mass is 16.3. The number of hydrogen-bond acceptors (Lipinski definition) is 7. The minimum atomic E-state index is -1.32. The second kappa shape index (κ2) is 8.09. The molecule has 4 aliphatic carbocycles. The zero-order valence-electron chi connectivity index (χ0n) is 21.3. The Morgan fingerprint density at radius 3 is 2.32 bits per heavy atom. The molecule has 6 N–H and O–H groups in total. The number of aliphatic hydroxyl groups is 6. The van der Waals surface area contributed by atoms with Gasteiger partial charge in [0.25, 0.3) is 0 Å². The Kier molecular flexibility index (Phi) is 6.24. The van der Waals surface area contributed by atoms with Crippen molar-refractivity contribution >= 4 is 5.78 Å². The summed E-state index contributed by atoms with van der Waals surface area (Å²) < 4.78 is 0. The minimum Gasteiger partial charge on any atom is -0.390 e. The molecule has 0 bridgehead atoms. The van der Waals surface area contributed by atoms with Crippen LogP contribution in [-0.4, -0.2) is 71.5 Å². The van der Waals surface area contributed by atoms with Crippen molar-refractivity contribution in [1.29, 1.82) is 0 Å². The Balaban J connectivity index is 1.62. The van der Waals surface area contributed by atoms with Crippen LogP contribution >= 0.6 is 0 Å². The van der Waals surface area contributed by atoms with E-state index in [0.717, 1.165) is 18.4 Å². The van der Waals surface area contributed by atoms with Gasteiger partial charge >= 0.3 is 0 Å². The van der Waals surface area contributed by atoms with E-state index in [9.17, 15) is 35.4 Å². The van der Waals surface area contributed by atoms with E-state index >= 15 is 0 Å². The number of allylic oxidation sites excluding steroid dienone is 1. The van der Waals surface area contributed by atoms with Crippen LogP contribution in [0.1, 0.15) is 86.0 Å². The van der Waals surface area contributed by atoms with Gasteiger partial charge in [-0.2, -0.15) is 0 Å². The van der Waals surface area contributed by atoms with E-state index in [2.05, 4.69) is 6.92 Å². The zero-order valence-corrected chi connectivity index (χ0v) is 21.3. The molecule has 0 unspecified atom stereocenters. The van der Waals surface area contributed by atoms with Gasteiger partial charge in [0.2, 0.25) is 0 Å². The van der Waals surface area contributed by atoms with Gasteiger partial charge in [-0.1, -0.05) is 13.8 Å². The van der Waals surface area contributed by atoms with E-state index in [0.29, 0.717) is 25.7 Å². The molecule has 3 fully saturated rings. The second-order valence-electron chi connectivity index (χ2n) is 13.3. The summed E-state index contributed by atoms with van der Waals surface area (Å²) >= 11 is 0. The molecule has 7 nitrogen and oxygen atoms in total. The summed E-state index contributed by atoms with van der Waals surface area (Å²) in [5.41, 5.74) is -3.97. The van der Waals surface area contributed by atoms with Crippen molar-refractivity contribution in [1.82, 2.24) is 0 Å². The summed E-state index contributed by atoms with van der Waals surface area (Å²) in [6.45, 7) is 8.81. The van der Waals surface area contributed by atoms with E-state index < -0.39 is 45.9 Å². The average molecular weight is 481 g/mol. The molecule has 10 atom stereocenters. The maximum atomic E-state index is 13.2. The van der Waals surface area contributed by atoms with Crippen molar-refractivity contribution in [2.75, 3.05) is 0 Å². The number of rotatable bonds is 5. The lowest BCUT2D eigenvalue weighted by atomic mass is 9.46. The number of aliphatic hydroxyl groups excluding tert-OH is 3. The van der Waals surface area contributed by atoms with Gasteiger partial charge in [0.05, 0.1) is 35.1 Å². The van der Waals surface area contributed by atoms with Gasteiger partial charge in [0.15, 0.2) is 5.78 Å². The third-order valence-electron chi connectivity index (χ3n) is 10.4. The van der Waals surface area contributed by atoms with Gasteiger partial charge in [-0.05, 0) is 94.6 Å². The molecular formula is C27H44O7. The fraction of sp³-hybridized carbons (Fsp3) is 0.889. The fourth-order valence-electron chi connectivity index (χ4n) is 8.09. The highest BCUT2D eigenvalue weighted by molar-refractivity contribution is 5.95. The Morgan fingerprint density at radius 2 is 1.71 bits per heavy atom. The van der Waals surface area contributed by atoms with Crippen LogP contribution in [0.15, 0.2) is 11.6 Å². The second-order valence-corrected chi connectivity index (χ2v) is 13.3. The lowest BCUT2D eigenvalue weighted by molar-refractivity contribution is -0.154. The Bertz CT molecular complexity index is 860. The summed E-state index contributed by atoms with van der Waals surface area (Å²) in [5, 5.41) is 64.5. The third kappa shape index (κ3) is 3.91. The van der Waals surface area contributed by atoms with E-state index in [1.165, 1.54) is 13.8 Å². The largest absolute Gasteiger partial charge is 0.390 e. The Labute approximate surface area is 202 Å².